The average Bonchev–Trinajstić information content (AvgIpc) is 3.96. The molecule has 274 valence electrons. The van der Waals surface area contributed by atoms with Crippen molar-refractivity contribution in [1.82, 2.24) is 19.5 Å². The van der Waals surface area contributed by atoms with Gasteiger partial charge in [-0.25, -0.2) is 15.0 Å². The first-order valence-electron chi connectivity index (χ1n) is 19.8. The van der Waals surface area contributed by atoms with E-state index in [9.17, 15) is 0 Å². The van der Waals surface area contributed by atoms with Crippen molar-refractivity contribution >= 4 is 87.2 Å². The van der Waals surface area contributed by atoms with Gasteiger partial charge in [0.2, 0.25) is 0 Å². The zero-order chi connectivity index (χ0) is 38.6. The number of hydrogen-bond acceptors (Lipinski definition) is 5. The molecule has 0 unspecified atom stereocenters. The Kier molecular flexibility index (Phi) is 6.63. The minimum absolute atomic E-state index is 0.534. The van der Waals surface area contributed by atoms with Gasteiger partial charge in [0.05, 0.1) is 16.7 Å². The molecule has 0 saturated heterocycles. The largest absolute Gasteiger partial charge is 0.456 e. The van der Waals surface area contributed by atoms with Gasteiger partial charge >= 0.3 is 0 Å². The molecule has 0 atom stereocenters. The molecule has 6 heteroatoms. The maximum atomic E-state index is 6.59. The van der Waals surface area contributed by atoms with E-state index in [1.807, 2.05) is 36.4 Å². The zero-order valence-corrected chi connectivity index (χ0v) is 31.4. The van der Waals surface area contributed by atoms with Crippen LogP contribution in [0, 0.1) is 0 Å². The molecule has 13 rings (SSSR count). The van der Waals surface area contributed by atoms with Crippen molar-refractivity contribution in [3.8, 4) is 39.9 Å². The predicted molar refractivity (Wildman–Crippen MR) is 240 cm³/mol. The smallest absolute Gasteiger partial charge is 0.166 e. The number of furan rings is 2. The number of benzene rings is 9. The van der Waals surface area contributed by atoms with Crippen molar-refractivity contribution in [3.63, 3.8) is 0 Å². The van der Waals surface area contributed by atoms with E-state index in [0.29, 0.717) is 17.5 Å². The van der Waals surface area contributed by atoms with E-state index in [0.717, 1.165) is 88.1 Å². The monoisotopic (exact) mass is 754 g/mol. The van der Waals surface area contributed by atoms with Gasteiger partial charge in [-0.15, -0.1) is 0 Å². The van der Waals surface area contributed by atoms with Crippen molar-refractivity contribution in [1.29, 1.82) is 0 Å². The Morgan fingerprint density at radius 1 is 0.322 bits per heavy atom. The Bertz CT molecular complexity index is 3870. The predicted octanol–water partition coefficient (Wildman–Crippen LogP) is 14.1. The van der Waals surface area contributed by atoms with Crippen molar-refractivity contribution in [3.05, 3.63) is 182 Å². The van der Waals surface area contributed by atoms with E-state index in [2.05, 4.69) is 150 Å². The van der Waals surface area contributed by atoms with E-state index in [4.69, 9.17) is 23.8 Å². The molecular weight excluding hydrogens is 725 g/mol. The van der Waals surface area contributed by atoms with E-state index in [-0.39, 0.29) is 0 Å². The second-order valence-electron chi connectivity index (χ2n) is 15.2. The van der Waals surface area contributed by atoms with Crippen LogP contribution in [0.15, 0.2) is 191 Å². The number of hydrogen-bond donors (Lipinski definition) is 0. The van der Waals surface area contributed by atoms with Gasteiger partial charge < -0.3 is 13.4 Å². The van der Waals surface area contributed by atoms with E-state index >= 15 is 0 Å². The van der Waals surface area contributed by atoms with Crippen LogP contribution in [0.3, 0.4) is 0 Å². The fraction of sp³-hybridized carbons (Fsp3) is 0. The molecule has 6 nitrogen and oxygen atoms in total. The van der Waals surface area contributed by atoms with E-state index < -0.39 is 0 Å². The van der Waals surface area contributed by atoms with Crippen LogP contribution in [0.4, 0.5) is 0 Å². The SMILES string of the molecule is c1ccc2cc3c(cc2c1)c1ccccc1n3-c1cc2c(cc1-c1nc(-c3ccc4c(c3)oc3ccccc34)nc(-c3cccc4ccccc34)n1)oc1ccccc12. The highest BCUT2D eigenvalue weighted by molar-refractivity contribution is 6.15. The highest BCUT2D eigenvalue weighted by atomic mass is 16.3. The molecule has 13 aromatic rings. The lowest BCUT2D eigenvalue weighted by molar-refractivity contribution is 0.668. The molecule has 0 radical (unpaired) electrons. The first-order chi connectivity index (χ1) is 29.2. The number of nitrogens with zero attached hydrogens (tertiary/aromatic N) is 4. The molecule has 0 aliphatic rings. The summed E-state index contributed by atoms with van der Waals surface area (Å²) in [6.45, 7) is 0. The average molecular weight is 755 g/mol. The lowest BCUT2D eigenvalue weighted by Crippen LogP contribution is -2.04. The molecule has 9 aromatic carbocycles. The van der Waals surface area contributed by atoms with Gasteiger partial charge in [-0.2, -0.15) is 0 Å². The molecule has 0 spiro atoms. The van der Waals surface area contributed by atoms with Crippen molar-refractivity contribution in [2.75, 3.05) is 0 Å². The van der Waals surface area contributed by atoms with Crippen molar-refractivity contribution in [2.45, 2.75) is 0 Å². The van der Waals surface area contributed by atoms with Gasteiger partial charge in [-0.1, -0.05) is 127 Å². The number of aromatic nitrogens is 4. The second-order valence-corrected chi connectivity index (χ2v) is 15.2. The summed E-state index contributed by atoms with van der Waals surface area (Å²) in [7, 11) is 0. The summed E-state index contributed by atoms with van der Waals surface area (Å²) in [5, 5.41) is 11.1. The minimum atomic E-state index is 0.534. The summed E-state index contributed by atoms with van der Waals surface area (Å²) in [4.78, 5) is 16.0. The summed E-state index contributed by atoms with van der Waals surface area (Å²) in [6, 6.07) is 63.4. The number of fused-ring (bicyclic) bond motifs is 11. The number of rotatable bonds is 4. The van der Waals surface area contributed by atoms with Crippen LogP contribution in [0.2, 0.25) is 0 Å². The molecular formula is C53H30N4O2. The summed E-state index contributed by atoms with van der Waals surface area (Å²) < 4.78 is 15.3. The molecule has 0 fully saturated rings. The third kappa shape index (κ3) is 4.84. The Morgan fingerprint density at radius 2 is 0.898 bits per heavy atom. The normalized spacial score (nSPS) is 12.1. The topological polar surface area (TPSA) is 69.9 Å². The maximum absolute atomic E-state index is 6.59. The molecule has 59 heavy (non-hydrogen) atoms. The first kappa shape index (κ1) is 32.0. The molecule has 0 bridgehead atoms. The van der Waals surface area contributed by atoms with E-state index in [1.54, 1.807) is 0 Å². The summed E-state index contributed by atoms with van der Waals surface area (Å²) in [5.41, 5.74) is 8.90. The van der Waals surface area contributed by atoms with Gasteiger partial charge in [0.25, 0.3) is 0 Å². The molecule has 4 heterocycles. The third-order valence-corrected chi connectivity index (χ3v) is 11.8. The number of para-hydroxylation sites is 3. The zero-order valence-electron chi connectivity index (χ0n) is 31.4. The lowest BCUT2D eigenvalue weighted by atomic mass is 10.0. The molecule has 0 amide bonds. The maximum Gasteiger partial charge on any atom is 0.166 e. The summed E-state index contributed by atoms with van der Waals surface area (Å²) >= 11 is 0. The molecule has 0 aliphatic heterocycles. The van der Waals surface area contributed by atoms with Gasteiger partial charge in [0.1, 0.15) is 22.3 Å². The van der Waals surface area contributed by atoms with Gasteiger partial charge in [-0.05, 0) is 76.1 Å². The Balaban J connectivity index is 1.15. The third-order valence-electron chi connectivity index (χ3n) is 11.8. The Labute approximate surface area is 336 Å². The van der Waals surface area contributed by atoms with Crippen LogP contribution < -0.4 is 0 Å². The Morgan fingerprint density at radius 3 is 1.69 bits per heavy atom. The molecule has 0 saturated carbocycles. The van der Waals surface area contributed by atoms with Crippen LogP contribution >= 0.6 is 0 Å². The standard InChI is InChI=1S/C53H30N4O2/c1-2-14-33-27-45-41(26-32(33)13-1)36-17-5-8-21-44(36)57(45)46-29-42-38-19-7-10-23-48(38)59-50(42)30-43(46)53-55-51(34-24-25-39-37-18-6-9-22-47(37)58-49(39)28-34)54-52(56-53)40-20-11-15-31-12-3-4-16-35(31)40/h1-30H. The van der Waals surface area contributed by atoms with E-state index in [1.165, 1.54) is 21.5 Å². The molecule has 0 aliphatic carbocycles. The van der Waals surface area contributed by atoms with Crippen LogP contribution in [0.1, 0.15) is 0 Å². The highest BCUT2D eigenvalue weighted by Gasteiger charge is 2.23. The lowest BCUT2D eigenvalue weighted by Gasteiger charge is -2.15. The Hall–Kier alpha value is -8.09. The molecule has 0 N–H and O–H groups in total. The summed E-state index contributed by atoms with van der Waals surface area (Å²) in [6.07, 6.45) is 0. The molecule has 4 aromatic heterocycles. The fourth-order valence-corrected chi connectivity index (χ4v) is 9.07. The van der Waals surface area contributed by atoms with Gasteiger partial charge in [0, 0.05) is 49.0 Å². The fourth-order valence-electron chi connectivity index (χ4n) is 9.07. The first-order valence-corrected chi connectivity index (χ1v) is 19.8. The minimum Gasteiger partial charge on any atom is -0.456 e. The van der Waals surface area contributed by atoms with Gasteiger partial charge in [0.15, 0.2) is 17.5 Å². The second kappa shape index (κ2) is 12.2. The van der Waals surface area contributed by atoms with Crippen LogP contribution in [-0.4, -0.2) is 19.5 Å². The van der Waals surface area contributed by atoms with Crippen LogP contribution in [0.5, 0.6) is 0 Å². The van der Waals surface area contributed by atoms with Crippen LogP contribution in [0.25, 0.3) is 127 Å². The van der Waals surface area contributed by atoms with Crippen molar-refractivity contribution < 1.29 is 8.83 Å². The summed E-state index contributed by atoms with van der Waals surface area (Å²) in [5.74, 6) is 1.66. The quantitative estimate of drug-likeness (QED) is 0.179. The highest BCUT2D eigenvalue weighted by Crippen LogP contribution is 2.42. The van der Waals surface area contributed by atoms with Crippen LogP contribution in [-0.2, 0) is 0 Å². The van der Waals surface area contributed by atoms with Crippen molar-refractivity contribution in [2.24, 2.45) is 0 Å². The van der Waals surface area contributed by atoms with Gasteiger partial charge in [-0.3, -0.25) is 0 Å².